The van der Waals surface area contributed by atoms with E-state index in [0.29, 0.717) is 12.1 Å². The first-order valence-electron chi connectivity index (χ1n) is 7.03. The van der Waals surface area contributed by atoms with Crippen LogP contribution in [0.25, 0.3) is 0 Å². The topological polar surface area (TPSA) is 29.3 Å². The summed E-state index contributed by atoms with van der Waals surface area (Å²) in [5.41, 5.74) is 9.55. The van der Waals surface area contributed by atoms with Gasteiger partial charge in [0.15, 0.2) is 0 Å². The second kappa shape index (κ2) is 5.73. The molecule has 0 saturated carbocycles. The summed E-state index contributed by atoms with van der Waals surface area (Å²) in [7, 11) is 0. The van der Waals surface area contributed by atoms with Gasteiger partial charge in [-0.3, -0.25) is 4.90 Å². The van der Waals surface area contributed by atoms with Crippen LogP contribution < -0.4 is 5.73 Å². The van der Waals surface area contributed by atoms with E-state index in [4.69, 9.17) is 5.73 Å². The van der Waals surface area contributed by atoms with Crippen molar-refractivity contribution in [2.45, 2.75) is 19.0 Å². The largest absolute Gasteiger partial charge is 0.323 e. The van der Waals surface area contributed by atoms with Crippen LogP contribution in [0.3, 0.4) is 0 Å². The van der Waals surface area contributed by atoms with Gasteiger partial charge in [0.05, 0.1) is 0 Å². The Labute approximate surface area is 119 Å². The maximum atomic E-state index is 13.7. The molecule has 0 amide bonds. The first kappa shape index (κ1) is 13.3. The van der Waals surface area contributed by atoms with Crippen molar-refractivity contribution in [2.24, 2.45) is 5.73 Å². The first-order valence-corrected chi connectivity index (χ1v) is 7.03. The zero-order valence-corrected chi connectivity index (χ0v) is 11.4. The number of fused-ring (bicyclic) bond motifs is 1. The van der Waals surface area contributed by atoms with E-state index >= 15 is 0 Å². The molecule has 0 saturated heterocycles. The van der Waals surface area contributed by atoms with Gasteiger partial charge in [0.2, 0.25) is 0 Å². The van der Waals surface area contributed by atoms with Crippen molar-refractivity contribution in [2.75, 3.05) is 13.1 Å². The Bertz CT molecular complexity index is 597. The van der Waals surface area contributed by atoms with Gasteiger partial charge in [-0.15, -0.1) is 0 Å². The van der Waals surface area contributed by atoms with E-state index in [1.54, 1.807) is 12.1 Å². The molecule has 3 heteroatoms. The van der Waals surface area contributed by atoms with Crippen molar-refractivity contribution in [1.29, 1.82) is 0 Å². The van der Waals surface area contributed by atoms with Crippen LogP contribution in [0.2, 0.25) is 0 Å². The van der Waals surface area contributed by atoms with Gasteiger partial charge in [-0.2, -0.15) is 0 Å². The Morgan fingerprint density at radius 3 is 2.55 bits per heavy atom. The number of hydrogen-bond acceptors (Lipinski definition) is 2. The molecule has 20 heavy (non-hydrogen) atoms. The van der Waals surface area contributed by atoms with Crippen molar-refractivity contribution >= 4 is 0 Å². The fourth-order valence-corrected chi connectivity index (χ4v) is 2.86. The minimum absolute atomic E-state index is 0.211. The molecule has 1 aliphatic rings. The number of nitrogens with zero attached hydrogens (tertiary/aromatic N) is 1. The smallest absolute Gasteiger partial charge is 0.128 e. The van der Waals surface area contributed by atoms with Gasteiger partial charge in [-0.05, 0) is 23.6 Å². The van der Waals surface area contributed by atoms with Crippen molar-refractivity contribution in [3.8, 4) is 0 Å². The van der Waals surface area contributed by atoms with Crippen LogP contribution in [0.5, 0.6) is 0 Å². The predicted molar refractivity (Wildman–Crippen MR) is 78.8 cm³/mol. The predicted octanol–water partition coefficient (Wildman–Crippen LogP) is 2.88. The molecule has 0 aliphatic carbocycles. The van der Waals surface area contributed by atoms with E-state index in [9.17, 15) is 4.39 Å². The molecule has 1 aliphatic heterocycles. The minimum Gasteiger partial charge on any atom is -0.323 e. The molecule has 1 heterocycles. The Kier molecular flexibility index (Phi) is 3.81. The average molecular weight is 270 g/mol. The Morgan fingerprint density at radius 1 is 1.05 bits per heavy atom. The highest BCUT2D eigenvalue weighted by atomic mass is 19.1. The van der Waals surface area contributed by atoms with E-state index in [1.807, 2.05) is 6.07 Å². The molecule has 0 bridgehead atoms. The molecule has 0 spiro atoms. The number of nitrogens with two attached hydrogens (primary N) is 1. The van der Waals surface area contributed by atoms with Gasteiger partial charge >= 0.3 is 0 Å². The van der Waals surface area contributed by atoms with Crippen LogP contribution >= 0.6 is 0 Å². The van der Waals surface area contributed by atoms with Crippen LogP contribution in [0, 0.1) is 5.82 Å². The lowest BCUT2D eigenvalue weighted by Gasteiger charge is -2.30. The van der Waals surface area contributed by atoms with Crippen molar-refractivity contribution < 1.29 is 4.39 Å². The van der Waals surface area contributed by atoms with Crippen molar-refractivity contribution in [1.82, 2.24) is 4.90 Å². The lowest BCUT2D eigenvalue weighted by molar-refractivity contribution is 0.237. The van der Waals surface area contributed by atoms with E-state index in [0.717, 1.165) is 19.5 Å². The molecule has 1 atom stereocenters. The fourth-order valence-electron chi connectivity index (χ4n) is 2.86. The maximum Gasteiger partial charge on any atom is 0.128 e. The molecule has 3 rings (SSSR count). The van der Waals surface area contributed by atoms with Crippen LogP contribution in [0.1, 0.15) is 22.7 Å². The zero-order valence-electron chi connectivity index (χ0n) is 11.4. The molecule has 0 aromatic heterocycles. The van der Waals surface area contributed by atoms with Gasteiger partial charge in [0.25, 0.3) is 0 Å². The monoisotopic (exact) mass is 270 g/mol. The summed E-state index contributed by atoms with van der Waals surface area (Å²) in [6, 6.07) is 15.0. The molecular formula is C17H19FN2. The van der Waals surface area contributed by atoms with Crippen molar-refractivity contribution in [3.63, 3.8) is 0 Å². The first-order chi connectivity index (χ1) is 9.74. The van der Waals surface area contributed by atoms with Crippen LogP contribution in [-0.2, 0) is 13.0 Å². The van der Waals surface area contributed by atoms with Crippen LogP contribution in [0.4, 0.5) is 4.39 Å². The standard InChI is InChI=1S/C17H19FN2/c18-16-8-4-3-7-15(16)17(19)12-20-10-9-13-5-1-2-6-14(13)11-20/h1-8,17H,9-12,19H2. The summed E-state index contributed by atoms with van der Waals surface area (Å²) < 4.78 is 13.7. The molecule has 2 aromatic rings. The van der Waals surface area contributed by atoms with E-state index in [1.165, 1.54) is 17.2 Å². The second-order valence-electron chi connectivity index (χ2n) is 5.38. The lowest BCUT2D eigenvalue weighted by atomic mass is 9.98. The summed E-state index contributed by atoms with van der Waals surface area (Å²) in [4.78, 5) is 2.30. The molecular weight excluding hydrogens is 251 g/mol. The van der Waals surface area contributed by atoms with E-state index in [-0.39, 0.29) is 11.9 Å². The normalized spacial score (nSPS) is 16.7. The quantitative estimate of drug-likeness (QED) is 0.929. The minimum atomic E-state index is -0.276. The Morgan fingerprint density at radius 2 is 1.75 bits per heavy atom. The van der Waals surface area contributed by atoms with E-state index in [2.05, 4.69) is 29.2 Å². The highest BCUT2D eigenvalue weighted by Gasteiger charge is 2.19. The second-order valence-corrected chi connectivity index (χ2v) is 5.38. The Balaban J connectivity index is 1.69. The third-order valence-electron chi connectivity index (χ3n) is 3.97. The molecule has 104 valence electrons. The fraction of sp³-hybridized carbons (Fsp3) is 0.294. The van der Waals surface area contributed by atoms with Crippen LogP contribution in [-0.4, -0.2) is 18.0 Å². The summed E-state index contributed by atoms with van der Waals surface area (Å²) in [6.07, 6.45) is 1.04. The average Bonchev–Trinajstić information content (AvgIpc) is 2.47. The number of benzene rings is 2. The van der Waals surface area contributed by atoms with Gasteiger partial charge in [-0.1, -0.05) is 42.5 Å². The number of rotatable bonds is 3. The highest BCUT2D eigenvalue weighted by molar-refractivity contribution is 5.29. The number of halogens is 1. The molecule has 0 fully saturated rings. The molecule has 1 unspecified atom stereocenters. The molecule has 2 N–H and O–H groups in total. The maximum absolute atomic E-state index is 13.7. The molecule has 2 nitrogen and oxygen atoms in total. The third kappa shape index (κ3) is 2.74. The van der Waals surface area contributed by atoms with Gasteiger partial charge in [0, 0.05) is 31.2 Å². The molecule has 0 radical (unpaired) electrons. The molecule has 2 aromatic carbocycles. The summed E-state index contributed by atoms with van der Waals surface area (Å²) >= 11 is 0. The number of hydrogen-bond donors (Lipinski definition) is 1. The highest BCUT2D eigenvalue weighted by Crippen LogP contribution is 2.21. The van der Waals surface area contributed by atoms with Crippen molar-refractivity contribution in [3.05, 3.63) is 71.0 Å². The SMILES string of the molecule is NC(CN1CCc2ccccc2C1)c1ccccc1F. The van der Waals surface area contributed by atoms with E-state index < -0.39 is 0 Å². The van der Waals surface area contributed by atoms with Gasteiger partial charge in [-0.25, -0.2) is 4.39 Å². The third-order valence-corrected chi connectivity index (χ3v) is 3.97. The van der Waals surface area contributed by atoms with Crippen LogP contribution in [0.15, 0.2) is 48.5 Å². The Hall–Kier alpha value is -1.71. The van der Waals surface area contributed by atoms with Gasteiger partial charge in [0.1, 0.15) is 5.82 Å². The lowest BCUT2D eigenvalue weighted by Crippen LogP contribution is -2.36. The van der Waals surface area contributed by atoms with Gasteiger partial charge < -0.3 is 5.73 Å². The zero-order chi connectivity index (χ0) is 13.9. The summed E-state index contributed by atoms with van der Waals surface area (Å²) in [5.74, 6) is -0.211. The summed E-state index contributed by atoms with van der Waals surface area (Å²) in [6.45, 7) is 2.58. The summed E-state index contributed by atoms with van der Waals surface area (Å²) in [5, 5.41) is 0.